The van der Waals surface area contributed by atoms with Crippen molar-refractivity contribution in [3.8, 4) is 5.75 Å². The van der Waals surface area contributed by atoms with E-state index in [0.717, 1.165) is 12.1 Å². The average Bonchev–Trinajstić information content (AvgIpc) is 3.07. The van der Waals surface area contributed by atoms with Gasteiger partial charge in [0.2, 0.25) is 0 Å². The number of hydrogen-bond acceptors (Lipinski definition) is 4. The highest BCUT2D eigenvalue weighted by atomic mass is 19.1. The molecule has 0 aliphatic carbocycles. The summed E-state index contributed by atoms with van der Waals surface area (Å²) in [5, 5.41) is 12.3. The van der Waals surface area contributed by atoms with Gasteiger partial charge in [-0.2, -0.15) is 0 Å². The summed E-state index contributed by atoms with van der Waals surface area (Å²) in [6.45, 7) is 8.46. The highest BCUT2D eigenvalue weighted by Crippen LogP contribution is 2.24. The third-order valence-electron chi connectivity index (χ3n) is 5.31. The molecule has 2 aromatic heterocycles. The number of aryl methyl sites for hydroxylation is 1. The number of nitrogens with zero attached hydrogens (tertiary/aromatic N) is 3. The van der Waals surface area contributed by atoms with E-state index in [0.29, 0.717) is 11.3 Å². The van der Waals surface area contributed by atoms with Gasteiger partial charge in [0.05, 0.1) is 11.3 Å². The van der Waals surface area contributed by atoms with Gasteiger partial charge in [0, 0.05) is 24.3 Å². The Hall–Kier alpha value is -3.69. The van der Waals surface area contributed by atoms with Crippen molar-refractivity contribution < 1.29 is 28.2 Å². The number of amides is 2. The van der Waals surface area contributed by atoms with Crippen LogP contribution in [-0.2, 0) is 6.61 Å². The maximum absolute atomic E-state index is 13.9. The minimum Gasteiger partial charge on any atom is -0.485 e. The molecule has 1 unspecified atom stereocenters. The number of imidazole rings is 1. The van der Waals surface area contributed by atoms with Crippen LogP contribution in [0.25, 0.3) is 5.65 Å². The Morgan fingerprint density at radius 2 is 1.85 bits per heavy atom. The van der Waals surface area contributed by atoms with E-state index >= 15 is 0 Å². The number of nitrogens with one attached hydrogen (secondary N) is 1. The third-order valence-corrected chi connectivity index (χ3v) is 5.31. The van der Waals surface area contributed by atoms with Crippen molar-refractivity contribution in [1.82, 2.24) is 19.6 Å². The molecule has 3 aromatic rings. The molecule has 1 atom stereocenters. The molecule has 3 rings (SSSR count). The Morgan fingerprint density at radius 3 is 2.44 bits per heavy atom. The molecule has 10 heteroatoms. The van der Waals surface area contributed by atoms with E-state index in [1.807, 2.05) is 0 Å². The lowest BCUT2D eigenvalue weighted by molar-refractivity contribution is 0.0831. The van der Waals surface area contributed by atoms with E-state index in [2.05, 4.69) is 10.3 Å². The van der Waals surface area contributed by atoms with Crippen molar-refractivity contribution in [2.24, 2.45) is 0 Å². The molecule has 0 bridgehead atoms. The van der Waals surface area contributed by atoms with Gasteiger partial charge in [0.15, 0.2) is 11.4 Å². The quantitative estimate of drug-likeness (QED) is 0.529. The number of fused-ring (bicyclic) bond motifs is 1. The van der Waals surface area contributed by atoms with Crippen LogP contribution in [0.5, 0.6) is 5.75 Å². The van der Waals surface area contributed by atoms with Crippen molar-refractivity contribution in [3.63, 3.8) is 0 Å². The molecule has 2 amide bonds. The minimum atomic E-state index is -1.08. The second-order valence-corrected chi connectivity index (χ2v) is 9.04. The topological polar surface area (TPSA) is 96.2 Å². The monoisotopic (exact) mass is 474 g/mol. The smallest absolute Gasteiger partial charge is 0.407 e. The Morgan fingerprint density at radius 1 is 1.21 bits per heavy atom. The predicted octanol–water partition coefficient (Wildman–Crippen LogP) is 4.40. The number of ether oxygens (including phenoxy) is 1. The normalized spacial score (nSPS) is 12.4. The van der Waals surface area contributed by atoms with Crippen LogP contribution < -0.4 is 10.1 Å². The van der Waals surface area contributed by atoms with Crippen LogP contribution in [0.2, 0.25) is 0 Å². The Labute approximate surface area is 196 Å². The third kappa shape index (κ3) is 5.27. The van der Waals surface area contributed by atoms with Gasteiger partial charge in [0.25, 0.3) is 5.91 Å². The standard InChI is InChI=1S/C24H28F2N4O4/c1-14(12-30(23(32)33)24(3,4)5)27-22(31)20-15(2)28-21-19(10-7-11-29(20)21)34-13-16-17(25)8-6-9-18(16)26/h6-11,14H,12-13H2,1-5H3,(H,27,31)(H,32,33). The van der Waals surface area contributed by atoms with Crippen LogP contribution in [0.4, 0.5) is 13.6 Å². The van der Waals surface area contributed by atoms with Gasteiger partial charge in [-0.3, -0.25) is 9.20 Å². The minimum absolute atomic E-state index is 0.100. The van der Waals surface area contributed by atoms with Crippen LogP contribution in [0, 0.1) is 18.6 Å². The second kappa shape index (κ2) is 9.66. The zero-order valence-electron chi connectivity index (χ0n) is 19.7. The fraction of sp³-hybridized carbons (Fsp3) is 0.375. The maximum atomic E-state index is 13.9. The molecule has 0 radical (unpaired) electrons. The first-order valence-electron chi connectivity index (χ1n) is 10.7. The fourth-order valence-electron chi connectivity index (χ4n) is 3.61. The molecular formula is C24H28F2N4O4. The van der Waals surface area contributed by atoms with E-state index in [-0.39, 0.29) is 30.2 Å². The van der Waals surface area contributed by atoms with Gasteiger partial charge < -0.3 is 20.1 Å². The predicted molar refractivity (Wildman–Crippen MR) is 122 cm³/mol. The summed E-state index contributed by atoms with van der Waals surface area (Å²) in [6.07, 6.45) is 0.553. The summed E-state index contributed by atoms with van der Waals surface area (Å²) in [4.78, 5) is 30.3. The molecule has 2 heterocycles. The summed E-state index contributed by atoms with van der Waals surface area (Å²) < 4.78 is 35.1. The molecule has 0 aliphatic rings. The number of aromatic nitrogens is 2. The summed E-state index contributed by atoms with van der Waals surface area (Å²) >= 11 is 0. The zero-order valence-corrected chi connectivity index (χ0v) is 19.7. The summed E-state index contributed by atoms with van der Waals surface area (Å²) in [7, 11) is 0. The van der Waals surface area contributed by atoms with Gasteiger partial charge in [-0.1, -0.05) is 6.07 Å². The van der Waals surface area contributed by atoms with Gasteiger partial charge in [-0.25, -0.2) is 18.6 Å². The van der Waals surface area contributed by atoms with Crippen molar-refractivity contribution in [2.75, 3.05) is 6.54 Å². The van der Waals surface area contributed by atoms with Gasteiger partial charge in [-0.05, 0) is 58.9 Å². The van der Waals surface area contributed by atoms with Gasteiger partial charge >= 0.3 is 6.09 Å². The summed E-state index contributed by atoms with van der Waals surface area (Å²) in [6, 6.07) is 6.33. The number of halogens is 2. The number of carbonyl (C=O) groups excluding carboxylic acids is 1. The molecule has 0 spiro atoms. The van der Waals surface area contributed by atoms with E-state index in [9.17, 15) is 23.5 Å². The van der Waals surface area contributed by atoms with Gasteiger partial charge in [0.1, 0.15) is 23.9 Å². The van der Waals surface area contributed by atoms with Crippen LogP contribution in [-0.4, -0.2) is 49.5 Å². The molecule has 0 saturated carbocycles. The van der Waals surface area contributed by atoms with Crippen LogP contribution in [0.1, 0.15) is 49.4 Å². The molecule has 0 fully saturated rings. The van der Waals surface area contributed by atoms with Gasteiger partial charge in [-0.15, -0.1) is 0 Å². The SMILES string of the molecule is Cc1nc2c(OCc3c(F)cccc3F)cccn2c1C(=O)NC(C)CN(C(=O)O)C(C)(C)C. The maximum Gasteiger partial charge on any atom is 0.407 e. The van der Waals surface area contributed by atoms with E-state index < -0.39 is 35.2 Å². The van der Waals surface area contributed by atoms with Crippen molar-refractivity contribution in [1.29, 1.82) is 0 Å². The number of benzene rings is 1. The molecule has 0 aliphatic heterocycles. The van der Waals surface area contributed by atoms with Crippen LogP contribution in [0.3, 0.4) is 0 Å². The number of pyridine rings is 1. The van der Waals surface area contributed by atoms with E-state index in [1.165, 1.54) is 15.4 Å². The first kappa shape index (κ1) is 24.9. The van der Waals surface area contributed by atoms with Crippen molar-refractivity contribution in [2.45, 2.75) is 52.8 Å². The fourth-order valence-corrected chi connectivity index (χ4v) is 3.61. The largest absolute Gasteiger partial charge is 0.485 e. The Kier molecular flexibility index (Phi) is 7.09. The molecule has 1 aromatic carbocycles. The molecule has 2 N–H and O–H groups in total. The lowest BCUT2D eigenvalue weighted by atomic mass is 10.1. The van der Waals surface area contributed by atoms with Crippen LogP contribution >= 0.6 is 0 Å². The van der Waals surface area contributed by atoms with Crippen molar-refractivity contribution in [3.05, 3.63) is 65.1 Å². The Bertz CT molecular complexity index is 1200. The number of hydrogen-bond donors (Lipinski definition) is 2. The molecule has 8 nitrogen and oxygen atoms in total. The summed E-state index contributed by atoms with van der Waals surface area (Å²) in [5.74, 6) is -1.61. The molecule has 182 valence electrons. The lowest BCUT2D eigenvalue weighted by Crippen LogP contribution is -2.51. The highest BCUT2D eigenvalue weighted by Gasteiger charge is 2.29. The first-order chi connectivity index (χ1) is 15.9. The number of rotatable bonds is 7. The molecular weight excluding hydrogens is 446 g/mol. The number of carboxylic acid groups (broad SMARTS) is 1. The first-order valence-corrected chi connectivity index (χ1v) is 10.7. The summed E-state index contributed by atoms with van der Waals surface area (Å²) in [5.41, 5.74) is 0.150. The molecule has 0 saturated heterocycles. The van der Waals surface area contributed by atoms with Crippen molar-refractivity contribution >= 4 is 17.6 Å². The average molecular weight is 475 g/mol. The van der Waals surface area contributed by atoms with Crippen LogP contribution in [0.15, 0.2) is 36.5 Å². The van der Waals surface area contributed by atoms with E-state index in [1.54, 1.807) is 52.9 Å². The Balaban J connectivity index is 1.82. The zero-order chi connectivity index (χ0) is 25.2. The lowest BCUT2D eigenvalue weighted by Gasteiger charge is -2.35. The highest BCUT2D eigenvalue weighted by molar-refractivity contribution is 5.95. The molecule has 34 heavy (non-hydrogen) atoms. The number of carbonyl (C=O) groups is 2. The second-order valence-electron chi connectivity index (χ2n) is 9.04. The van der Waals surface area contributed by atoms with E-state index in [4.69, 9.17) is 4.74 Å².